The van der Waals surface area contributed by atoms with E-state index in [-0.39, 0.29) is 16.9 Å². The Hall–Kier alpha value is -0.950. The van der Waals surface area contributed by atoms with Crippen molar-refractivity contribution in [3.63, 3.8) is 0 Å². The van der Waals surface area contributed by atoms with Crippen molar-refractivity contribution in [2.75, 3.05) is 5.32 Å². The normalized spacial score (nSPS) is 10.9. The number of aromatic nitrogens is 1. The number of hydrogen-bond donors (Lipinski definition) is 2. The lowest BCUT2D eigenvalue weighted by Gasteiger charge is -2.08. The van der Waals surface area contributed by atoms with Crippen LogP contribution in [0, 0.1) is 5.92 Å². The van der Waals surface area contributed by atoms with Crippen molar-refractivity contribution in [3.05, 3.63) is 22.2 Å². The first-order chi connectivity index (χ1) is 9.86. The van der Waals surface area contributed by atoms with Crippen molar-refractivity contribution in [2.45, 2.75) is 20.3 Å². The van der Waals surface area contributed by atoms with Gasteiger partial charge in [-0.3, -0.25) is 4.79 Å². The molecule has 0 fully saturated rings. The molecule has 1 heterocycles. The molecule has 0 radical (unpaired) electrons. The maximum atomic E-state index is 11.6. The number of nitrogens with one attached hydrogen (secondary N) is 2. The molecule has 1 aromatic heterocycles. The summed E-state index contributed by atoms with van der Waals surface area (Å²) in [4.78, 5) is 16.0. The fourth-order valence-electron chi connectivity index (χ4n) is 1.67. The fraction of sp³-hybridized carbons (Fsp3) is 0.308. The Morgan fingerprint density at radius 2 is 2.14 bits per heavy atom. The van der Waals surface area contributed by atoms with E-state index in [2.05, 4.69) is 15.6 Å². The van der Waals surface area contributed by atoms with Gasteiger partial charge >= 0.3 is 0 Å². The molecule has 1 amide bonds. The lowest BCUT2D eigenvalue weighted by atomic mass is 10.1. The van der Waals surface area contributed by atoms with Gasteiger partial charge in [0.2, 0.25) is 5.91 Å². The number of benzene rings is 1. The maximum absolute atomic E-state index is 11.6. The minimum Gasteiger partial charge on any atom is -0.308 e. The molecular weight excluding hydrogens is 349 g/mol. The van der Waals surface area contributed by atoms with Crippen LogP contribution in [0.1, 0.15) is 20.3 Å². The molecule has 2 N–H and O–H groups in total. The Bertz CT molecular complexity index is 700. The Labute approximate surface area is 141 Å². The van der Waals surface area contributed by atoms with E-state index in [0.717, 1.165) is 4.70 Å². The van der Waals surface area contributed by atoms with E-state index in [1.165, 1.54) is 11.3 Å². The number of thiocarbonyl (C=S) groups is 1. The van der Waals surface area contributed by atoms with Gasteiger partial charge in [0, 0.05) is 6.42 Å². The standard InChI is InChI=1S/C13H13Cl2N3OS2/c1-6(2)5-9(19)16-12(20)18-13-17-11-8(21-13)4-3-7(14)10(11)15/h3-4,6H,5H2,1-2H3,(H2,16,17,18,19,20). The molecule has 2 aromatic rings. The zero-order valence-corrected chi connectivity index (χ0v) is 14.5. The summed E-state index contributed by atoms with van der Waals surface area (Å²) in [5.41, 5.74) is 0.618. The van der Waals surface area contributed by atoms with E-state index < -0.39 is 0 Å². The Balaban J connectivity index is 2.08. The van der Waals surface area contributed by atoms with E-state index in [0.29, 0.717) is 27.1 Å². The first-order valence-electron chi connectivity index (χ1n) is 6.22. The largest absolute Gasteiger partial charge is 0.308 e. The predicted molar refractivity (Wildman–Crippen MR) is 93.5 cm³/mol. The number of fused-ring (bicyclic) bond motifs is 1. The highest BCUT2D eigenvalue weighted by atomic mass is 35.5. The predicted octanol–water partition coefficient (Wildman–Crippen LogP) is 4.46. The summed E-state index contributed by atoms with van der Waals surface area (Å²) in [5, 5.41) is 7.15. The molecule has 112 valence electrons. The lowest BCUT2D eigenvalue weighted by molar-refractivity contribution is -0.120. The van der Waals surface area contributed by atoms with Crippen LogP contribution in [0.25, 0.3) is 10.2 Å². The minimum absolute atomic E-state index is 0.121. The molecule has 0 aliphatic rings. The molecule has 0 unspecified atom stereocenters. The smallest absolute Gasteiger partial charge is 0.226 e. The molecule has 0 atom stereocenters. The third-order valence-corrected chi connectivity index (χ3v) is 4.45. The fourth-order valence-corrected chi connectivity index (χ4v) is 3.24. The lowest BCUT2D eigenvalue weighted by Crippen LogP contribution is -2.34. The molecule has 21 heavy (non-hydrogen) atoms. The summed E-state index contributed by atoms with van der Waals surface area (Å²) in [7, 11) is 0. The number of halogens is 2. The summed E-state index contributed by atoms with van der Waals surface area (Å²) in [6.07, 6.45) is 0.420. The Morgan fingerprint density at radius 3 is 2.81 bits per heavy atom. The van der Waals surface area contributed by atoms with E-state index in [1.807, 2.05) is 19.9 Å². The Morgan fingerprint density at radius 1 is 1.43 bits per heavy atom. The van der Waals surface area contributed by atoms with E-state index in [1.54, 1.807) is 6.07 Å². The van der Waals surface area contributed by atoms with Gasteiger partial charge in [0.05, 0.1) is 14.7 Å². The molecular formula is C13H13Cl2N3OS2. The van der Waals surface area contributed by atoms with Crippen LogP contribution in [0.2, 0.25) is 10.0 Å². The van der Waals surface area contributed by atoms with Crippen molar-refractivity contribution >= 4 is 73.1 Å². The highest BCUT2D eigenvalue weighted by molar-refractivity contribution is 7.80. The molecule has 0 bridgehead atoms. The van der Waals surface area contributed by atoms with Gasteiger partial charge in [-0.25, -0.2) is 4.98 Å². The van der Waals surface area contributed by atoms with Crippen molar-refractivity contribution in [1.29, 1.82) is 0 Å². The van der Waals surface area contributed by atoms with Gasteiger partial charge in [0.1, 0.15) is 5.52 Å². The van der Waals surface area contributed by atoms with Crippen molar-refractivity contribution in [3.8, 4) is 0 Å². The average molecular weight is 362 g/mol. The molecule has 0 aliphatic carbocycles. The molecule has 4 nitrogen and oxygen atoms in total. The second-order valence-corrected chi connectivity index (χ2v) is 7.05. The van der Waals surface area contributed by atoms with Crippen LogP contribution in [-0.4, -0.2) is 16.0 Å². The van der Waals surface area contributed by atoms with Gasteiger partial charge in [-0.15, -0.1) is 0 Å². The summed E-state index contributed by atoms with van der Waals surface area (Å²) in [6.45, 7) is 3.94. The number of carbonyl (C=O) groups excluding carboxylic acids is 1. The van der Waals surface area contributed by atoms with E-state index in [4.69, 9.17) is 35.4 Å². The second kappa shape index (κ2) is 6.87. The van der Waals surface area contributed by atoms with Crippen LogP contribution in [0.5, 0.6) is 0 Å². The number of thiazole rings is 1. The van der Waals surface area contributed by atoms with Crippen LogP contribution in [0.4, 0.5) is 5.13 Å². The van der Waals surface area contributed by atoms with E-state index >= 15 is 0 Å². The van der Waals surface area contributed by atoms with Gasteiger partial charge in [-0.2, -0.15) is 0 Å². The van der Waals surface area contributed by atoms with Crippen LogP contribution in [0.3, 0.4) is 0 Å². The topological polar surface area (TPSA) is 54.0 Å². The van der Waals surface area contributed by atoms with Crippen LogP contribution < -0.4 is 10.6 Å². The zero-order chi connectivity index (χ0) is 15.6. The number of rotatable bonds is 3. The number of hydrogen-bond acceptors (Lipinski definition) is 4. The van der Waals surface area contributed by atoms with Crippen molar-refractivity contribution < 1.29 is 4.79 Å². The number of nitrogens with zero attached hydrogens (tertiary/aromatic N) is 1. The molecule has 0 saturated carbocycles. The number of amides is 1. The third-order valence-electron chi connectivity index (χ3n) is 2.52. The van der Waals surface area contributed by atoms with Gasteiger partial charge in [0.25, 0.3) is 0 Å². The van der Waals surface area contributed by atoms with Gasteiger partial charge in [-0.1, -0.05) is 48.4 Å². The van der Waals surface area contributed by atoms with Gasteiger partial charge in [0.15, 0.2) is 10.2 Å². The SMILES string of the molecule is CC(C)CC(=O)NC(=S)Nc1nc2c(Cl)c(Cl)ccc2s1. The average Bonchev–Trinajstić information content (AvgIpc) is 2.76. The third kappa shape index (κ3) is 4.26. The molecule has 8 heteroatoms. The first-order valence-corrected chi connectivity index (χ1v) is 8.20. The maximum Gasteiger partial charge on any atom is 0.226 e. The molecule has 0 spiro atoms. The molecule has 1 aromatic carbocycles. The highest BCUT2D eigenvalue weighted by Crippen LogP contribution is 2.35. The molecule has 2 rings (SSSR count). The highest BCUT2D eigenvalue weighted by Gasteiger charge is 2.12. The summed E-state index contributed by atoms with van der Waals surface area (Å²) >= 11 is 18.5. The van der Waals surface area contributed by atoms with Gasteiger partial charge < -0.3 is 10.6 Å². The quantitative estimate of drug-likeness (QED) is 0.792. The summed E-state index contributed by atoms with van der Waals surface area (Å²) in [5.74, 6) is 0.154. The molecule has 0 saturated heterocycles. The zero-order valence-electron chi connectivity index (χ0n) is 11.4. The van der Waals surface area contributed by atoms with Crippen LogP contribution >= 0.6 is 46.8 Å². The second-order valence-electron chi connectivity index (χ2n) is 4.83. The summed E-state index contributed by atoms with van der Waals surface area (Å²) in [6, 6.07) is 3.56. The molecule has 0 aliphatic heterocycles. The van der Waals surface area contributed by atoms with Crippen LogP contribution in [-0.2, 0) is 4.79 Å². The monoisotopic (exact) mass is 361 g/mol. The van der Waals surface area contributed by atoms with Crippen molar-refractivity contribution in [2.24, 2.45) is 5.92 Å². The summed E-state index contributed by atoms with van der Waals surface area (Å²) < 4.78 is 0.892. The van der Waals surface area contributed by atoms with E-state index in [9.17, 15) is 4.79 Å². The first kappa shape index (κ1) is 16.4. The van der Waals surface area contributed by atoms with Crippen LogP contribution in [0.15, 0.2) is 12.1 Å². The van der Waals surface area contributed by atoms with Crippen molar-refractivity contribution in [1.82, 2.24) is 10.3 Å². The minimum atomic E-state index is -0.121. The Kier molecular flexibility index (Phi) is 5.37. The number of carbonyl (C=O) groups is 1. The van der Waals surface area contributed by atoms with Gasteiger partial charge in [-0.05, 0) is 30.3 Å². The number of anilines is 1.